The Bertz CT molecular complexity index is 1240. The van der Waals surface area contributed by atoms with Crippen molar-refractivity contribution >= 4 is 5.91 Å². The van der Waals surface area contributed by atoms with Crippen LogP contribution in [0.2, 0.25) is 0 Å². The van der Waals surface area contributed by atoms with E-state index in [0.29, 0.717) is 35.7 Å². The molecule has 2 heterocycles. The number of carbonyl (C=O) groups is 1. The number of ether oxygens (including phenoxy) is 2. The second-order valence-corrected chi connectivity index (χ2v) is 9.47. The van der Waals surface area contributed by atoms with Gasteiger partial charge in [0.1, 0.15) is 18.5 Å². The second kappa shape index (κ2) is 11.7. The van der Waals surface area contributed by atoms with Crippen LogP contribution in [0.3, 0.4) is 0 Å². The molecule has 0 spiro atoms. The van der Waals surface area contributed by atoms with Crippen LogP contribution in [0.25, 0.3) is 22.9 Å². The first-order chi connectivity index (χ1) is 17.8. The Morgan fingerprint density at radius 2 is 1.81 bits per heavy atom. The smallest absolute Gasteiger partial charge is 0.248 e. The molecule has 0 saturated heterocycles. The van der Waals surface area contributed by atoms with Crippen molar-refractivity contribution in [3.05, 3.63) is 41.1 Å². The number of hydrogen-bond donors (Lipinski definition) is 3. The van der Waals surface area contributed by atoms with Crippen LogP contribution in [0.4, 0.5) is 0 Å². The van der Waals surface area contributed by atoms with Crippen LogP contribution >= 0.6 is 0 Å². The molecule has 10 heteroatoms. The number of benzene rings is 1. The number of rotatable bonds is 11. The fraction of sp³-hybridized carbons (Fsp3) is 0.481. The van der Waals surface area contributed by atoms with E-state index in [2.05, 4.69) is 15.2 Å². The van der Waals surface area contributed by atoms with E-state index >= 15 is 0 Å². The topological polar surface area (TPSA) is 154 Å². The fourth-order valence-electron chi connectivity index (χ4n) is 4.70. The molecule has 1 amide bonds. The predicted octanol–water partition coefficient (Wildman–Crippen LogP) is 3.31. The molecule has 37 heavy (non-hydrogen) atoms. The van der Waals surface area contributed by atoms with Crippen molar-refractivity contribution in [3.8, 4) is 34.5 Å². The van der Waals surface area contributed by atoms with E-state index in [4.69, 9.17) is 19.6 Å². The first-order valence-electron chi connectivity index (χ1n) is 12.6. The zero-order valence-corrected chi connectivity index (χ0v) is 21.4. The lowest BCUT2D eigenvalue weighted by Gasteiger charge is -2.18. The zero-order chi connectivity index (χ0) is 26.5. The Labute approximate surface area is 215 Å². The molecule has 3 aromatic rings. The molecular weight excluding hydrogens is 476 g/mol. The van der Waals surface area contributed by atoms with E-state index in [9.17, 15) is 15.0 Å². The van der Waals surface area contributed by atoms with E-state index in [-0.39, 0.29) is 13.0 Å². The lowest BCUT2D eigenvalue weighted by Crippen LogP contribution is -2.33. The van der Waals surface area contributed by atoms with Crippen molar-refractivity contribution in [3.63, 3.8) is 0 Å². The molecule has 1 aliphatic carbocycles. The predicted molar refractivity (Wildman–Crippen MR) is 136 cm³/mol. The van der Waals surface area contributed by atoms with E-state index < -0.39 is 18.1 Å². The van der Waals surface area contributed by atoms with Crippen LogP contribution in [-0.4, -0.2) is 57.2 Å². The molecule has 1 unspecified atom stereocenters. The fourth-order valence-corrected chi connectivity index (χ4v) is 4.70. The standard InChI is InChI=1S/C27H34N4O6/c1-4-16-10-18(9-15(2)24(16)36-14-20(32)13-22(33)25(28)34)26-30-31-27(37-26)19-11-21(17-7-5-6-8-17)29-23(12-19)35-3/h9-12,17,20,22,32-33H,4-8,13-14H2,1-3H3,(H2,28,34)/t20-,22?/m1/s1. The van der Waals surface area contributed by atoms with Gasteiger partial charge in [-0.15, -0.1) is 10.2 Å². The summed E-state index contributed by atoms with van der Waals surface area (Å²) in [5.41, 5.74) is 9.28. The lowest BCUT2D eigenvalue weighted by atomic mass is 10.0. The highest BCUT2D eigenvalue weighted by atomic mass is 16.5. The van der Waals surface area contributed by atoms with Crippen LogP contribution in [0.5, 0.6) is 11.6 Å². The number of primary amides is 1. The Morgan fingerprint density at radius 3 is 2.43 bits per heavy atom. The van der Waals surface area contributed by atoms with Gasteiger partial charge in [0, 0.05) is 35.2 Å². The number of aryl methyl sites for hydroxylation is 2. The van der Waals surface area contributed by atoms with Gasteiger partial charge in [-0.1, -0.05) is 19.8 Å². The number of aliphatic hydroxyl groups is 2. The minimum absolute atomic E-state index is 0.0879. The SMILES string of the molecule is CCc1cc(-c2nnc(-c3cc(OC)nc(C4CCCC4)c3)o2)cc(C)c1OC[C@H](O)CC(O)C(N)=O. The largest absolute Gasteiger partial charge is 0.490 e. The molecule has 2 atom stereocenters. The third-order valence-corrected chi connectivity index (χ3v) is 6.70. The summed E-state index contributed by atoms with van der Waals surface area (Å²) in [6.45, 7) is 3.79. The van der Waals surface area contributed by atoms with Crippen molar-refractivity contribution in [2.45, 2.75) is 70.5 Å². The molecule has 0 bridgehead atoms. The molecule has 10 nitrogen and oxygen atoms in total. The molecule has 0 radical (unpaired) electrons. The zero-order valence-electron chi connectivity index (χ0n) is 21.4. The summed E-state index contributed by atoms with van der Waals surface area (Å²) in [5, 5.41) is 28.3. The summed E-state index contributed by atoms with van der Waals surface area (Å²) < 4.78 is 17.4. The third kappa shape index (κ3) is 6.26. The summed E-state index contributed by atoms with van der Waals surface area (Å²) in [4.78, 5) is 15.7. The first kappa shape index (κ1) is 26.6. The van der Waals surface area contributed by atoms with Gasteiger partial charge in [-0.25, -0.2) is 4.98 Å². The molecule has 4 N–H and O–H groups in total. The maximum atomic E-state index is 11.0. The highest BCUT2D eigenvalue weighted by Gasteiger charge is 2.22. The van der Waals surface area contributed by atoms with Crippen LogP contribution in [0, 0.1) is 6.92 Å². The van der Waals surface area contributed by atoms with Crippen LogP contribution in [-0.2, 0) is 11.2 Å². The number of carbonyl (C=O) groups excluding carboxylic acids is 1. The summed E-state index contributed by atoms with van der Waals surface area (Å²) >= 11 is 0. The van der Waals surface area contributed by atoms with Crippen LogP contribution < -0.4 is 15.2 Å². The van der Waals surface area contributed by atoms with E-state index in [0.717, 1.165) is 40.8 Å². The summed E-state index contributed by atoms with van der Waals surface area (Å²) in [6.07, 6.45) is 2.65. The molecule has 0 aliphatic heterocycles. The molecular formula is C27H34N4O6. The molecule has 1 saturated carbocycles. The molecule has 1 aromatic carbocycles. The summed E-state index contributed by atoms with van der Waals surface area (Å²) in [5.74, 6) is 1.45. The van der Waals surface area contributed by atoms with E-state index in [1.54, 1.807) is 13.2 Å². The van der Waals surface area contributed by atoms with Gasteiger partial charge in [0.25, 0.3) is 0 Å². The first-order valence-corrected chi connectivity index (χ1v) is 12.6. The molecule has 1 fully saturated rings. The Morgan fingerprint density at radius 1 is 1.14 bits per heavy atom. The van der Waals surface area contributed by atoms with Gasteiger partial charge in [-0.2, -0.15) is 0 Å². The van der Waals surface area contributed by atoms with Gasteiger partial charge < -0.3 is 29.8 Å². The lowest BCUT2D eigenvalue weighted by molar-refractivity contribution is -0.127. The van der Waals surface area contributed by atoms with Crippen molar-refractivity contribution in [1.82, 2.24) is 15.2 Å². The maximum Gasteiger partial charge on any atom is 0.248 e. The van der Waals surface area contributed by atoms with Crippen molar-refractivity contribution in [1.29, 1.82) is 0 Å². The van der Waals surface area contributed by atoms with Crippen molar-refractivity contribution in [2.75, 3.05) is 13.7 Å². The minimum Gasteiger partial charge on any atom is -0.490 e. The van der Waals surface area contributed by atoms with Crippen LogP contribution in [0.15, 0.2) is 28.7 Å². The van der Waals surface area contributed by atoms with Crippen molar-refractivity contribution in [2.24, 2.45) is 5.73 Å². The number of nitrogens with two attached hydrogens (primary N) is 1. The number of aliphatic hydroxyl groups excluding tert-OH is 2. The molecule has 198 valence electrons. The number of methoxy groups -OCH3 is 1. The third-order valence-electron chi connectivity index (χ3n) is 6.70. The number of amides is 1. The van der Waals surface area contributed by atoms with E-state index in [1.807, 2.05) is 32.0 Å². The monoisotopic (exact) mass is 510 g/mol. The van der Waals surface area contributed by atoms with Crippen LogP contribution in [0.1, 0.15) is 61.8 Å². The maximum absolute atomic E-state index is 11.0. The van der Waals surface area contributed by atoms with Gasteiger partial charge in [0.2, 0.25) is 23.6 Å². The number of pyridine rings is 1. The van der Waals surface area contributed by atoms with E-state index in [1.165, 1.54) is 12.8 Å². The highest BCUT2D eigenvalue weighted by molar-refractivity contribution is 5.78. The summed E-state index contributed by atoms with van der Waals surface area (Å²) in [7, 11) is 1.60. The Hall–Kier alpha value is -3.50. The van der Waals surface area contributed by atoms with Gasteiger partial charge in [0.05, 0.1) is 13.2 Å². The Kier molecular flexibility index (Phi) is 8.40. The molecule has 4 rings (SSSR count). The number of aromatic nitrogens is 3. The normalized spacial score (nSPS) is 15.5. The molecule has 1 aliphatic rings. The Balaban J connectivity index is 1.55. The van der Waals surface area contributed by atoms with Gasteiger partial charge in [-0.05, 0) is 55.5 Å². The summed E-state index contributed by atoms with van der Waals surface area (Å²) in [6, 6.07) is 7.61. The average molecular weight is 511 g/mol. The average Bonchev–Trinajstić information content (AvgIpc) is 3.60. The minimum atomic E-state index is -1.42. The molecule has 2 aromatic heterocycles. The van der Waals surface area contributed by atoms with Gasteiger partial charge in [0.15, 0.2) is 0 Å². The van der Waals surface area contributed by atoms with Gasteiger partial charge in [-0.3, -0.25) is 4.79 Å². The quantitative estimate of drug-likeness (QED) is 0.352. The number of nitrogens with zero attached hydrogens (tertiary/aromatic N) is 3. The highest BCUT2D eigenvalue weighted by Crippen LogP contribution is 2.37. The van der Waals surface area contributed by atoms with Gasteiger partial charge >= 0.3 is 0 Å². The van der Waals surface area contributed by atoms with Crippen molar-refractivity contribution < 1.29 is 28.9 Å². The number of hydrogen-bond acceptors (Lipinski definition) is 9. The second-order valence-electron chi connectivity index (χ2n) is 9.47.